The predicted octanol–water partition coefficient (Wildman–Crippen LogP) is 2.63. The molecule has 0 radical (unpaired) electrons. The van der Waals surface area contributed by atoms with Crippen LogP contribution in [-0.2, 0) is 6.42 Å². The van der Waals surface area contributed by atoms with Gasteiger partial charge in [0.2, 0.25) is 11.2 Å². The molecule has 5 nitrogen and oxygen atoms in total. The molecule has 0 fully saturated rings. The summed E-state index contributed by atoms with van der Waals surface area (Å²) < 4.78 is 18.3. The molecular weight excluding hydrogens is 301 g/mol. The lowest BCUT2D eigenvalue weighted by Gasteiger charge is -2.01. The molecular formula is C17H12FNO4. The molecule has 0 bridgehead atoms. The average molecular weight is 313 g/mol. The van der Waals surface area contributed by atoms with E-state index in [1.807, 2.05) is 0 Å². The zero-order chi connectivity index (χ0) is 16.4. The third-order valence-corrected chi connectivity index (χ3v) is 3.34. The molecule has 0 saturated carbocycles. The van der Waals surface area contributed by atoms with Crippen LogP contribution in [0.2, 0.25) is 0 Å². The van der Waals surface area contributed by atoms with Crippen LogP contribution in [0.5, 0.6) is 5.75 Å². The highest BCUT2D eigenvalue weighted by atomic mass is 19.1. The zero-order valence-electron chi connectivity index (χ0n) is 11.9. The van der Waals surface area contributed by atoms with Crippen LogP contribution in [0.4, 0.5) is 4.39 Å². The topological polar surface area (TPSA) is 83.3 Å². The molecule has 116 valence electrons. The molecule has 0 atom stereocenters. The lowest BCUT2D eigenvalue weighted by Crippen LogP contribution is -2.09. The van der Waals surface area contributed by atoms with E-state index in [1.54, 1.807) is 18.2 Å². The van der Waals surface area contributed by atoms with Gasteiger partial charge in [0.15, 0.2) is 11.5 Å². The number of benzene rings is 1. The minimum absolute atomic E-state index is 0.000684. The van der Waals surface area contributed by atoms with E-state index in [0.29, 0.717) is 12.2 Å². The number of carbonyl (C=O) groups is 1. The van der Waals surface area contributed by atoms with Crippen molar-refractivity contribution in [3.8, 4) is 5.75 Å². The molecule has 2 heterocycles. The molecule has 2 N–H and O–H groups in total. The monoisotopic (exact) mass is 313 g/mol. The van der Waals surface area contributed by atoms with Crippen molar-refractivity contribution in [2.24, 2.45) is 0 Å². The fourth-order valence-electron chi connectivity index (χ4n) is 2.17. The van der Waals surface area contributed by atoms with Gasteiger partial charge in [-0.15, -0.1) is 0 Å². The summed E-state index contributed by atoms with van der Waals surface area (Å²) in [5.74, 6) is -1.08. The molecule has 0 amide bonds. The normalized spacial score (nSPS) is 10.7. The Morgan fingerprint density at radius 1 is 1.13 bits per heavy atom. The fraction of sp³-hybridized carbons (Fsp3) is 0.0588. The number of H-pyrrole nitrogens is 1. The van der Waals surface area contributed by atoms with Crippen molar-refractivity contribution < 1.29 is 18.7 Å². The number of hydrogen-bond acceptors (Lipinski definition) is 4. The number of hydrogen-bond donors (Lipinski definition) is 2. The Bertz CT molecular complexity index is 909. The number of pyridine rings is 1. The quantitative estimate of drug-likeness (QED) is 0.725. The van der Waals surface area contributed by atoms with Gasteiger partial charge in [0.25, 0.3) is 0 Å². The Balaban J connectivity index is 1.84. The first-order valence-corrected chi connectivity index (χ1v) is 6.83. The second-order valence-electron chi connectivity index (χ2n) is 4.96. The van der Waals surface area contributed by atoms with Crippen molar-refractivity contribution in [3.63, 3.8) is 0 Å². The van der Waals surface area contributed by atoms with E-state index in [2.05, 4.69) is 4.98 Å². The second-order valence-corrected chi connectivity index (χ2v) is 4.96. The third kappa shape index (κ3) is 3.06. The van der Waals surface area contributed by atoms with E-state index in [4.69, 9.17) is 4.42 Å². The van der Waals surface area contributed by atoms with Crippen molar-refractivity contribution >= 4 is 5.78 Å². The smallest absolute Gasteiger partial charge is 0.248 e. The largest absolute Gasteiger partial charge is 0.503 e. The maximum atomic E-state index is 12.9. The van der Waals surface area contributed by atoms with Gasteiger partial charge in [-0.3, -0.25) is 9.59 Å². The maximum Gasteiger partial charge on any atom is 0.248 e. The van der Waals surface area contributed by atoms with Crippen molar-refractivity contribution in [1.82, 2.24) is 4.98 Å². The number of aromatic nitrogens is 1. The summed E-state index contributed by atoms with van der Waals surface area (Å²) >= 11 is 0. The van der Waals surface area contributed by atoms with Crippen molar-refractivity contribution in [1.29, 1.82) is 0 Å². The van der Waals surface area contributed by atoms with Crippen LogP contribution in [-0.4, -0.2) is 15.9 Å². The Morgan fingerprint density at radius 3 is 2.61 bits per heavy atom. The molecule has 0 aliphatic rings. The van der Waals surface area contributed by atoms with Gasteiger partial charge in [-0.2, -0.15) is 0 Å². The summed E-state index contributed by atoms with van der Waals surface area (Å²) in [6.45, 7) is 0. The number of rotatable bonds is 4. The number of nitrogens with one attached hydrogen (secondary N) is 1. The van der Waals surface area contributed by atoms with E-state index < -0.39 is 17.0 Å². The van der Waals surface area contributed by atoms with Crippen LogP contribution in [0.1, 0.15) is 27.6 Å². The highest BCUT2D eigenvalue weighted by Crippen LogP contribution is 2.18. The Kier molecular flexibility index (Phi) is 3.80. The zero-order valence-corrected chi connectivity index (χ0v) is 11.9. The summed E-state index contributed by atoms with van der Waals surface area (Å²) in [5.41, 5.74) is -0.0407. The molecule has 3 rings (SSSR count). The summed E-state index contributed by atoms with van der Waals surface area (Å²) in [6, 6.07) is 10.1. The number of aromatic hydroxyl groups is 1. The Morgan fingerprint density at radius 2 is 1.87 bits per heavy atom. The van der Waals surface area contributed by atoms with Crippen LogP contribution in [0.15, 0.2) is 57.9 Å². The highest BCUT2D eigenvalue weighted by molar-refractivity contribution is 6.07. The molecule has 6 heteroatoms. The van der Waals surface area contributed by atoms with Crippen LogP contribution in [0.25, 0.3) is 0 Å². The van der Waals surface area contributed by atoms with Crippen molar-refractivity contribution in [3.05, 3.63) is 87.5 Å². The molecule has 2 aromatic heterocycles. The highest BCUT2D eigenvalue weighted by Gasteiger charge is 2.19. The van der Waals surface area contributed by atoms with Gasteiger partial charge in [0, 0.05) is 18.7 Å². The molecule has 0 saturated heterocycles. The van der Waals surface area contributed by atoms with E-state index in [1.165, 1.54) is 24.4 Å². The summed E-state index contributed by atoms with van der Waals surface area (Å²) in [4.78, 5) is 26.2. The first kappa shape index (κ1) is 14.8. The van der Waals surface area contributed by atoms with Crippen LogP contribution in [0, 0.1) is 5.82 Å². The number of furan rings is 1. The minimum Gasteiger partial charge on any atom is -0.503 e. The van der Waals surface area contributed by atoms with E-state index in [9.17, 15) is 19.1 Å². The lowest BCUT2D eigenvalue weighted by atomic mass is 10.1. The molecule has 3 aromatic rings. The molecule has 0 aliphatic heterocycles. The summed E-state index contributed by atoms with van der Waals surface area (Å²) in [7, 11) is 0. The fourth-order valence-corrected chi connectivity index (χ4v) is 2.17. The second kappa shape index (κ2) is 5.92. The number of ketones is 1. The maximum absolute atomic E-state index is 12.9. The molecule has 0 aliphatic carbocycles. The van der Waals surface area contributed by atoms with Crippen LogP contribution in [0.3, 0.4) is 0 Å². The SMILES string of the molecule is O=C(c1ccc(Cc2ccc(F)cc2)o1)c1[nH]ccc(=O)c1O. The minimum atomic E-state index is -0.648. The number of aromatic amines is 1. The van der Waals surface area contributed by atoms with Crippen molar-refractivity contribution in [2.75, 3.05) is 0 Å². The van der Waals surface area contributed by atoms with Gasteiger partial charge in [0.1, 0.15) is 17.3 Å². The number of carbonyl (C=O) groups excluding carboxylic acids is 1. The molecule has 23 heavy (non-hydrogen) atoms. The van der Waals surface area contributed by atoms with E-state index in [-0.39, 0.29) is 17.3 Å². The van der Waals surface area contributed by atoms with Gasteiger partial charge >= 0.3 is 0 Å². The predicted molar refractivity (Wildman–Crippen MR) is 80.1 cm³/mol. The first-order chi connectivity index (χ1) is 11.0. The average Bonchev–Trinajstić information content (AvgIpc) is 3.00. The van der Waals surface area contributed by atoms with E-state index in [0.717, 1.165) is 11.6 Å². The first-order valence-electron chi connectivity index (χ1n) is 6.83. The van der Waals surface area contributed by atoms with Gasteiger partial charge in [-0.25, -0.2) is 4.39 Å². The van der Waals surface area contributed by atoms with Gasteiger partial charge in [0.05, 0.1) is 0 Å². The Hall–Kier alpha value is -3.15. The lowest BCUT2D eigenvalue weighted by molar-refractivity contribution is 0.1000. The number of halogens is 1. The van der Waals surface area contributed by atoms with Crippen LogP contribution >= 0.6 is 0 Å². The molecule has 0 spiro atoms. The standard InChI is InChI=1S/C17H12FNO4/c18-11-3-1-10(2-4-11)9-12-5-6-14(23-12)17(22)15-16(21)13(20)7-8-19-15/h1-8,21H,9H2,(H,19,20). The van der Waals surface area contributed by atoms with Gasteiger partial charge < -0.3 is 14.5 Å². The third-order valence-electron chi connectivity index (χ3n) is 3.34. The van der Waals surface area contributed by atoms with E-state index >= 15 is 0 Å². The van der Waals surface area contributed by atoms with Gasteiger partial charge in [-0.05, 0) is 29.8 Å². The molecule has 0 unspecified atom stereocenters. The Labute approximate surface area is 130 Å². The summed E-state index contributed by atoms with van der Waals surface area (Å²) in [6.07, 6.45) is 1.67. The molecule has 1 aromatic carbocycles. The van der Waals surface area contributed by atoms with Crippen molar-refractivity contribution in [2.45, 2.75) is 6.42 Å². The van der Waals surface area contributed by atoms with Crippen LogP contribution < -0.4 is 5.43 Å². The summed E-state index contributed by atoms with van der Waals surface area (Å²) in [5, 5.41) is 9.66. The van der Waals surface area contributed by atoms with Gasteiger partial charge in [-0.1, -0.05) is 12.1 Å².